The number of carbonyl (C=O) groups excluding carboxylic acids is 1. The number of piperazine rings is 1. The quantitative estimate of drug-likeness (QED) is 0.454. The van der Waals surface area contributed by atoms with Gasteiger partial charge in [-0.25, -0.2) is 4.68 Å². The molecule has 1 N–H and O–H groups in total. The highest BCUT2D eigenvalue weighted by Gasteiger charge is 2.19. The van der Waals surface area contributed by atoms with E-state index in [1.54, 1.807) is 36.6 Å². The molecule has 0 radical (unpaired) electrons. The van der Waals surface area contributed by atoms with Gasteiger partial charge in [0.2, 0.25) is 0 Å². The van der Waals surface area contributed by atoms with Crippen molar-refractivity contribution in [2.75, 3.05) is 36.0 Å². The molecule has 5 rings (SSSR count). The maximum atomic E-state index is 12.4. The van der Waals surface area contributed by atoms with E-state index in [-0.39, 0.29) is 30.3 Å². The van der Waals surface area contributed by atoms with Gasteiger partial charge < -0.3 is 24.0 Å². The summed E-state index contributed by atoms with van der Waals surface area (Å²) >= 11 is 0. The second kappa shape index (κ2) is 9.70. The highest BCUT2D eigenvalue weighted by molar-refractivity contribution is 5.91. The number of benzene rings is 1. The largest absolute Gasteiger partial charge is 0.467 e. The summed E-state index contributed by atoms with van der Waals surface area (Å²) in [5.74, 6) is 1.69. The average Bonchev–Trinajstić information content (AvgIpc) is 3.57. The van der Waals surface area contributed by atoms with Crippen LogP contribution < -0.4 is 20.7 Å². The van der Waals surface area contributed by atoms with Crippen molar-refractivity contribution in [1.82, 2.24) is 15.1 Å². The van der Waals surface area contributed by atoms with Crippen LogP contribution in [-0.2, 0) is 13.1 Å². The molecule has 9 nitrogen and oxygen atoms in total. The minimum absolute atomic E-state index is 0.141. The molecule has 0 spiro atoms. The van der Waals surface area contributed by atoms with Crippen LogP contribution in [0.2, 0.25) is 0 Å². The number of amides is 1. The SMILES string of the molecule is O=C(NCc1ccco1)c1ccc(Cn2nc(N3CCN(c4ccccc4)CC3)ccc2=O)o1. The Morgan fingerprint density at radius 2 is 1.68 bits per heavy atom. The maximum Gasteiger partial charge on any atom is 0.287 e. The number of para-hydroxylation sites is 1. The monoisotopic (exact) mass is 459 g/mol. The third-order valence-corrected chi connectivity index (χ3v) is 5.77. The number of nitrogens with one attached hydrogen (secondary N) is 1. The minimum Gasteiger partial charge on any atom is -0.467 e. The highest BCUT2D eigenvalue weighted by Crippen LogP contribution is 2.18. The third kappa shape index (κ3) is 4.88. The summed E-state index contributed by atoms with van der Waals surface area (Å²) in [6, 6.07) is 20.4. The summed E-state index contributed by atoms with van der Waals surface area (Å²) in [5.41, 5.74) is 0.980. The van der Waals surface area contributed by atoms with E-state index in [0.29, 0.717) is 11.5 Å². The lowest BCUT2D eigenvalue weighted by Crippen LogP contribution is -2.47. The fourth-order valence-corrected chi connectivity index (χ4v) is 3.95. The van der Waals surface area contributed by atoms with Crippen LogP contribution in [0.4, 0.5) is 11.5 Å². The molecule has 3 aromatic heterocycles. The molecule has 0 saturated carbocycles. The first-order valence-electron chi connectivity index (χ1n) is 11.2. The molecule has 1 amide bonds. The number of anilines is 2. The molecule has 1 aliphatic heterocycles. The first kappa shape index (κ1) is 21.6. The predicted octanol–water partition coefficient (Wildman–Crippen LogP) is 2.73. The molecule has 174 valence electrons. The second-order valence-electron chi connectivity index (χ2n) is 8.03. The Bertz CT molecular complexity index is 1290. The molecule has 4 aromatic rings. The lowest BCUT2D eigenvalue weighted by Gasteiger charge is -2.36. The van der Waals surface area contributed by atoms with Crippen molar-refractivity contribution in [2.24, 2.45) is 0 Å². The number of furan rings is 2. The lowest BCUT2D eigenvalue weighted by atomic mass is 10.2. The number of rotatable bonds is 7. The van der Waals surface area contributed by atoms with Crippen molar-refractivity contribution < 1.29 is 13.6 Å². The summed E-state index contributed by atoms with van der Waals surface area (Å²) in [7, 11) is 0. The highest BCUT2D eigenvalue weighted by atomic mass is 16.4. The van der Waals surface area contributed by atoms with E-state index in [1.165, 1.54) is 16.4 Å². The summed E-state index contributed by atoms with van der Waals surface area (Å²) in [4.78, 5) is 29.2. The lowest BCUT2D eigenvalue weighted by molar-refractivity contribution is 0.0918. The van der Waals surface area contributed by atoms with Crippen LogP contribution in [0.15, 0.2) is 86.6 Å². The number of carbonyl (C=O) groups is 1. The van der Waals surface area contributed by atoms with Gasteiger partial charge in [-0.1, -0.05) is 18.2 Å². The van der Waals surface area contributed by atoms with Crippen molar-refractivity contribution in [3.05, 3.63) is 101 Å². The van der Waals surface area contributed by atoms with Gasteiger partial charge in [0.25, 0.3) is 11.5 Å². The van der Waals surface area contributed by atoms with Gasteiger partial charge in [-0.15, -0.1) is 0 Å². The Morgan fingerprint density at radius 1 is 0.882 bits per heavy atom. The Balaban J connectivity index is 1.22. The zero-order valence-corrected chi connectivity index (χ0v) is 18.6. The van der Waals surface area contributed by atoms with Gasteiger partial charge in [-0.2, -0.15) is 5.10 Å². The number of hydrogen-bond acceptors (Lipinski definition) is 7. The molecule has 1 aromatic carbocycles. The Labute approximate surface area is 196 Å². The number of hydrogen-bond donors (Lipinski definition) is 1. The summed E-state index contributed by atoms with van der Waals surface area (Å²) < 4.78 is 12.2. The van der Waals surface area contributed by atoms with Crippen LogP contribution in [0.1, 0.15) is 22.1 Å². The normalized spacial score (nSPS) is 13.8. The van der Waals surface area contributed by atoms with Gasteiger partial charge in [-0.05, 0) is 42.5 Å². The van der Waals surface area contributed by atoms with Crippen LogP contribution in [-0.4, -0.2) is 41.9 Å². The van der Waals surface area contributed by atoms with E-state index in [4.69, 9.17) is 8.83 Å². The topological polar surface area (TPSA) is 96.8 Å². The first-order valence-corrected chi connectivity index (χ1v) is 11.2. The minimum atomic E-state index is -0.354. The van der Waals surface area contributed by atoms with Crippen molar-refractivity contribution in [2.45, 2.75) is 13.1 Å². The molecule has 1 aliphatic rings. The molecule has 0 unspecified atom stereocenters. The fraction of sp³-hybridized carbons (Fsp3) is 0.240. The molecule has 0 aliphatic carbocycles. The van der Waals surface area contributed by atoms with E-state index in [0.717, 1.165) is 32.0 Å². The van der Waals surface area contributed by atoms with E-state index < -0.39 is 0 Å². The van der Waals surface area contributed by atoms with Crippen LogP contribution in [0.3, 0.4) is 0 Å². The number of aromatic nitrogens is 2. The molecular weight excluding hydrogens is 434 g/mol. The molecule has 0 bridgehead atoms. The van der Waals surface area contributed by atoms with E-state index in [2.05, 4.69) is 32.3 Å². The Hall–Kier alpha value is -4.27. The van der Waals surface area contributed by atoms with Crippen LogP contribution in [0.5, 0.6) is 0 Å². The van der Waals surface area contributed by atoms with E-state index in [9.17, 15) is 9.59 Å². The zero-order valence-electron chi connectivity index (χ0n) is 18.6. The zero-order chi connectivity index (χ0) is 23.3. The Kier molecular flexibility index (Phi) is 6.15. The van der Waals surface area contributed by atoms with E-state index in [1.807, 2.05) is 18.2 Å². The van der Waals surface area contributed by atoms with Crippen molar-refractivity contribution in [3.8, 4) is 0 Å². The van der Waals surface area contributed by atoms with Crippen molar-refractivity contribution in [1.29, 1.82) is 0 Å². The van der Waals surface area contributed by atoms with Gasteiger partial charge in [-0.3, -0.25) is 9.59 Å². The molecule has 0 atom stereocenters. The van der Waals surface area contributed by atoms with Crippen LogP contribution in [0.25, 0.3) is 0 Å². The van der Waals surface area contributed by atoms with Crippen molar-refractivity contribution in [3.63, 3.8) is 0 Å². The summed E-state index contributed by atoms with van der Waals surface area (Å²) in [6.45, 7) is 3.77. The van der Waals surface area contributed by atoms with Crippen molar-refractivity contribution >= 4 is 17.4 Å². The Morgan fingerprint density at radius 3 is 2.44 bits per heavy atom. The molecular formula is C25H25N5O4. The summed E-state index contributed by atoms with van der Waals surface area (Å²) in [6.07, 6.45) is 1.55. The third-order valence-electron chi connectivity index (χ3n) is 5.77. The van der Waals surface area contributed by atoms with E-state index >= 15 is 0 Å². The number of nitrogens with zero attached hydrogens (tertiary/aromatic N) is 4. The van der Waals surface area contributed by atoms with Crippen LogP contribution in [0, 0.1) is 0 Å². The van der Waals surface area contributed by atoms with Crippen LogP contribution >= 0.6 is 0 Å². The molecule has 34 heavy (non-hydrogen) atoms. The first-order chi connectivity index (χ1) is 16.7. The summed E-state index contributed by atoms with van der Waals surface area (Å²) in [5, 5.41) is 7.29. The van der Waals surface area contributed by atoms with Gasteiger partial charge in [0.1, 0.15) is 23.9 Å². The smallest absolute Gasteiger partial charge is 0.287 e. The second-order valence-corrected chi connectivity index (χ2v) is 8.03. The molecule has 1 saturated heterocycles. The van der Waals surface area contributed by atoms with Gasteiger partial charge in [0, 0.05) is 37.9 Å². The average molecular weight is 460 g/mol. The molecule has 1 fully saturated rings. The fourth-order valence-electron chi connectivity index (χ4n) is 3.95. The standard InChI is InChI=1S/C25H25N5O4/c31-24-11-10-23(29-14-12-28(13-15-29)19-5-2-1-3-6-19)27-30(24)18-21-8-9-22(34-21)25(32)26-17-20-7-4-16-33-20/h1-11,16H,12-15,17-18H2,(H,26,32). The van der Waals surface area contributed by atoms with Gasteiger partial charge in [0.05, 0.1) is 12.8 Å². The maximum absolute atomic E-state index is 12.4. The molecule has 4 heterocycles. The van der Waals surface area contributed by atoms with Gasteiger partial charge >= 0.3 is 0 Å². The molecule has 9 heteroatoms. The predicted molar refractivity (Wildman–Crippen MR) is 127 cm³/mol. The van der Waals surface area contributed by atoms with Gasteiger partial charge in [0.15, 0.2) is 5.76 Å².